The number of hydrogen-bond acceptors (Lipinski definition) is 5. The van der Waals surface area contributed by atoms with Crippen LogP contribution in [-0.4, -0.2) is 36.1 Å². The molecule has 0 radical (unpaired) electrons. The van der Waals surface area contributed by atoms with Crippen molar-refractivity contribution >= 4 is 10.9 Å². The molecule has 2 aliphatic carbocycles. The van der Waals surface area contributed by atoms with Gasteiger partial charge in [-0.1, -0.05) is 32.6 Å². The lowest BCUT2D eigenvalue weighted by Crippen LogP contribution is -2.39. The maximum atomic E-state index is 13.1. The lowest BCUT2D eigenvalue weighted by Gasteiger charge is -2.35. The molecule has 1 aromatic carbocycles. The summed E-state index contributed by atoms with van der Waals surface area (Å²) < 4.78 is 2.10. The fourth-order valence-electron chi connectivity index (χ4n) is 5.96. The Morgan fingerprint density at radius 3 is 2.48 bits per heavy atom. The lowest BCUT2D eigenvalue weighted by molar-refractivity contribution is 0.110. The Hall–Kier alpha value is -2.54. The number of nitrogens with one attached hydrogen (secondary N) is 1. The van der Waals surface area contributed by atoms with E-state index in [0.29, 0.717) is 18.6 Å². The van der Waals surface area contributed by atoms with Gasteiger partial charge in [-0.05, 0) is 91.1 Å². The molecule has 0 bridgehead atoms. The van der Waals surface area contributed by atoms with Crippen molar-refractivity contribution in [3.8, 4) is 0 Å². The van der Waals surface area contributed by atoms with Crippen molar-refractivity contribution in [3.05, 3.63) is 51.1 Å². The molecule has 5 rings (SSSR count). The van der Waals surface area contributed by atoms with Crippen molar-refractivity contribution in [3.63, 3.8) is 0 Å². The molecule has 2 fully saturated rings. The van der Waals surface area contributed by atoms with E-state index >= 15 is 0 Å². The van der Waals surface area contributed by atoms with Crippen LogP contribution in [0.3, 0.4) is 0 Å². The summed E-state index contributed by atoms with van der Waals surface area (Å²) in [6.45, 7) is 7.06. The first-order valence-corrected chi connectivity index (χ1v) is 12.7. The van der Waals surface area contributed by atoms with Crippen molar-refractivity contribution in [2.45, 2.75) is 103 Å². The van der Waals surface area contributed by atoms with Crippen LogP contribution in [0.1, 0.15) is 99.3 Å². The Bertz CT molecular complexity index is 1170. The Morgan fingerprint density at radius 2 is 1.76 bits per heavy atom. The van der Waals surface area contributed by atoms with Crippen LogP contribution in [0.25, 0.3) is 10.9 Å². The zero-order chi connectivity index (χ0) is 22.9. The quantitative estimate of drug-likeness (QED) is 0.541. The average molecular weight is 449 g/mol. The van der Waals surface area contributed by atoms with E-state index in [4.69, 9.17) is 0 Å². The number of aryl methyl sites for hydroxylation is 2. The number of H-pyrrole nitrogens is 1. The first-order valence-electron chi connectivity index (χ1n) is 12.7. The summed E-state index contributed by atoms with van der Waals surface area (Å²) in [6, 6.07) is 7.33. The first kappa shape index (κ1) is 22.3. The van der Waals surface area contributed by atoms with Gasteiger partial charge >= 0.3 is 0 Å². The zero-order valence-electron chi connectivity index (χ0n) is 20.2. The highest BCUT2D eigenvalue weighted by Crippen LogP contribution is 2.36. The number of rotatable bonds is 7. The van der Waals surface area contributed by atoms with E-state index in [1.54, 1.807) is 0 Å². The van der Waals surface area contributed by atoms with Crippen LogP contribution < -0.4 is 5.56 Å². The van der Waals surface area contributed by atoms with Crippen LogP contribution in [-0.2, 0) is 6.54 Å². The largest absolute Gasteiger partial charge is 0.322 e. The van der Waals surface area contributed by atoms with Crippen LogP contribution in [0.5, 0.6) is 0 Å². The molecule has 0 aliphatic heterocycles. The van der Waals surface area contributed by atoms with E-state index in [-0.39, 0.29) is 11.6 Å². The van der Waals surface area contributed by atoms with E-state index in [0.717, 1.165) is 41.6 Å². The second kappa shape index (κ2) is 9.37. The van der Waals surface area contributed by atoms with Crippen molar-refractivity contribution in [1.82, 2.24) is 30.1 Å². The third-order valence-corrected chi connectivity index (χ3v) is 7.96. The Kier molecular flexibility index (Phi) is 6.32. The molecule has 2 aromatic heterocycles. The van der Waals surface area contributed by atoms with Gasteiger partial charge in [-0.2, -0.15) is 0 Å². The number of aromatic nitrogens is 5. The fourth-order valence-corrected chi connectivity index (χ4v) is 5.96. The summed E-state index contributed by atoms with van der Waals surface area (Å²) in [5, 5.41) is 14.2. The predicted molar refractivity (Wildman–Crippen MR) is 130 cm³/mol. The number of tetrazole rings is 1. The normalized spacial score (nSPS) is 18.7. The third kappa shape index (κ3) is 4.35. The van der Waals surface area contributed by atoms with Crippen molar-refractivity contribution in [1.29, 1.82) is 0 Å². The number of aromatic amines is 1. The average Bonchev–Trinajstić information content (AvgIpc) is 3.57. The summed E-state index contributed by atoms with van der Waals surface area (Å²) in [5.41, 5.74) is 4.20. The van der Waals surface area contributed by atoms with Gasteiger partial charge < -0.3 is 4.98 Å². The number of hydrogen-bond donors (Lipinski definition) is 1. The zero-order valence-corrected chi connectivity index (χ0v) is 20.2. The molecule has 3 aromatic rings. The van der Waals surface area contributed by atoms with Gasteiger partial charge in [0.05, 0.1) is 12.1 Å². The second-order valence-electron chi connectivity index (χ2n) is 10.1. The summed E-state index contributed by atoms with van der Waals surface area (Å²) in [5.74, 6) is 0.972. The molecule has 2 heterocycles. The van der Waals surface area contributed by atoms with Crippen LogP contribution in [0, 0.1) is 13.8 Å². The Labute approximate surface area is 195 Å². The Balaban J connectivity index is 1.52. The predicted octanol–water partition coefficient (Wildman–Crippen LogP) is 5.14. The van der Waals surface area contributed by atoms with E-state index in [1.165, 1.54) is 49.7 Å². The molecule has 0 saturated heterocycles. The molecule has 33 heavy (non-hydrogen) atoms. The van der Waals surface area contributed by atoms with Crippen molar-refractivity contribution < 1.29 is 0 Å². The van der Waals surface area contributed by atoms with Gasteiger partial charge in [-0.3, -0.25) is 9.69 Å². The summed E-state index contributed by atoms with van der Waals surface area (Å²) in [4.78, 5) is 18.8. The lowest BCUT2D eigenvalue weighted by atomic mass is 10.0. The molecule has 2 aliphatic rings. The molecule has 7 heteroatoms. The van der Waals surface area contributed by atoms with E-state index in [2.05, 4.69) is 69.1 Å². The van der Waals surface area contributed by atoms with Gasteiger partial charge in [0.15, 0.2) is 5.82 Å². The van der Waals surface area contributed by atoms with Gasteiger partial charge in [0.2, 0.25) is 0 Å². The molecule has 0 spiro atoms. The smallest absolute Gasteiger partial charge is 0.252 e. The molecule has 7 nitrogen and oxygen atoms in total. The van der Waals surface area contributed by atoms with E-state index in [1.807, 2.05) is 0 Å². The Morgan fingerprint density at radius 1 is 1.06 bits per heavy atom. The minimum absolute atomic E-state index is 0.0130. The van der Waals surface area contributed by atoms with Crippen LogP contribution in [0.4, 0.5) is 0 Å². The summed E-state index contributed by atoms with van der Waals surface area (Å²) >= 11 is 0. The number of pyridine rings is 1. The summed E-state index contributed by atoms with van der Waals surface area (Å²) in [6.07, 6.45) is 10.6. The highest BCUT2D eigenvalue weighted by Gasteiger charge is 2.34. The molecule has 0 amide bonds. The van der Waals surface area contributed by atoms with Crippen LogP contribution >= 0.6 is 0 Å². The molecule has 1 N–H and O–H groups in total. The highest BCUT2D eigenvalue weighted by molar-refractivity contribution is 5.80. The van der Waals surface area contributed by atoms with E-state index < -0.39 is 0 Å². The van der Waals surface area contributed by atoms with Crippen molar-refractivity contribution in [2.24, 2.45) is 0 Å². The second-order valence-corrected chi connectivity index (χ2v) is 10.1. The molecular formula is C26H36N6O. The SMILES string of the molecule is CC[C@H](c1nnnn1C1CCCC1)N(Cc1cc2cc(C)c(C)cc2[nH]c1=O)C1CCCC1. The first-order chi connectivity index (χ1) is 16.0. The molecule has 0 unspecified atom stereocenters. The fraction of sp³-hybridized carbons (Fsp3) is 0.615. The standard InChI is InChI=1S/C26H36N6O/c1-4-24(25-28-29-30-32(25)22-11-7-8-12-22)31(21-9-5-6-10-21)16-20-15-19-13-17(2)18(3)14-23(19)27-26(20)33/h13-15,21-22,24H,4-12,16H2,1-3H3,(H,27,33)/t24-/m1/s1. The van der Waals surface area contributed by atoms with Crippen LogP contribution in [0.2, 0.25) is 0 Å². The number of benzene rings is 1. The maximum absolute atomic E-state index is 13.1. The summed E-state index contributed by atoms with van der Waals surface area (Å²) in [7, 11) is 0. The van der Waals surface area contributed by atoms with Gasteiger partial charge in [-0.15, -0.1) is 5.10 Å². The topological polar surface area (TPSA) is 79.7 Å². The minimum atomic E-state index is 0.0130. The minimum Gasteiger partial charge on any atom is -0.322 e. The monoisotopic (exact) mass is 448 g/mol. The van der Waals surface area contributed by atoms with Gasteiger partial charge in [0.25, 0.3) is 5.56 Å². The van der Waals surface area contributed by atoms with Gasteiger partial charge in [0, 0.05) is 23.7 Å². The molecule has 2 saturated carbocycles. The maximum Gasteiger partial charge on any atom is 0.252 e. The number of nitrogens with zero attached hydrogens (tertiary/aromatic N) is 5. The van der Waals surface area contributed by atoms with E-state index in [9.17, 15) is 4.79 Å². The molecule has 1 atom stereocenters. The molecule has 176 valence electrons. The van der Waals surface area contributed by atoms with Crippen LogP contribution in [0.15, 0.2) is 23.0 Å². The van der Waals surface area contributed by atoms with Gasteiger partial charge in [0.1, 0.15) is 0 Å². The van der Waals surface area contributed by atoms with Crippen molar-refractivity contribution in [2.75, 3.05) is 0 Å². The third-order valence-electron chi connectivity index (χ3n) is 7.96. The molecular weight excluding hydrogens is 412 g/mol. The highest BCUT2D eigenvalue weighted by atomic mass is 16.1. The van der Waals surface area contributed by atoms with Gasteiger partial charge in [-0.25, -0.2) is 4.68 Å². The number of fused-ring (bicyclic) bond motifs is 1.